The second kappa shape index (κ2) is 11.4. The molecular weight excluding hydrogens is 629 g/mol. The molecule has 0 saturated carbocycles. The summed E-state index contributed by atoms with van der Waals surface area (Å²) in [6, 6.07) is 60.6. The number of anilines is 3. The van der Waals surface area contributed by atoms with Crippen LogP contribution in [0, 0.1) is 0 Å². The normalized spacial score (nSPS) is 13.3. The van der Waals surface area contributed by atoms with Gasteiger partial charge in [0.15, 0.2) is 0 Å². The van der Waals surface area contributed by atoms with Crippen molar-refractivity contribution in [1.82, 2.24) is 4.57 Å². The minimum absolute atomic E-state index is 1.09. The number of rotatable bonds is 5. The van der Waals surface area contributed by atoms with Crippen LogP contribution in [0.1, 0.15) is 18.4 Å². The van der Waals surface area contributed by atoms with E-state index in [1.54, 1.807) is 0 Å². The summed E-state index contributed by atoms with van der Waals surface area (Å²) in [6.45, 7) is 0. The smallest absolute Gasteiger partial charge is 0.0542 e. The van der Waals surface area contributed by atoms with Crippen LogP contribution in [0.5, 0.6) is 0 Å². The zero-order valence-electron chi connectivity index (χ0n) is 28.6. The molecule has 0 N–H and O–H groups in total. The molecule has 8 aromatic carbocycles. The van der Waals surface area contributed by atoms with E-state index in [0.29, 0.717) is 0 Å². The highest BCUT2D eigenvalue weighted by molar-refractivity contribution is 6.24. The third-order valence-electron chi connectivity index (χ3n) is 11.1. The van der Waals surface area contributed by atoms with E-state index >= 15 is 0 Å². The summed E-state index contributed by atoms with van der Waals surface area (Å²) in [6.07, 6.45) is 9.10. The highest BCUT2D eigenvalue weighted by Crippen LogP contribution is 2.52. The van der Waals surface area contributed by atoms with Gasteiger partial charge >= 0.3 is 0 Å². The van der Waals surface area contributed by atoms with E-state index in [4.69, 9.17) is 0 Å². The van der Waals surface area contributed by atoms with Gasteiger partial charge in [0, 0.05) is 33.5 Å². The summed E-state index contributed by atoms with van der Waals surface area (Å²) in [5.41, 5.74) is 14.8. The average Bonchev–Trinajstić information content (AvgIpc) is 3.73. The van der Waals surface area contributed by atoms with Gasteiger partial charge in [-0.3, -0.25) is 0 Å². The van der Waals surface area contributed by atoms with Crippen LogP contribution in [0.2, 0.25) is 0 Å². The minimum Gasteiger partial charge on any atom is -0.310 e. The number of benzene rings is 8. The standard InChI is InChI=1S/C50H34N2/c1-3-12-33(13-4-1)34-22-24-38(25-23-34)51(40-27-29-48-46(32-40)42-19-9-10-21-47(42)52(48)37-16-5-2-6-17-37)39-26-28-44-45(31-39)43-20-11-15-36-30-35-14-7-8-18-41(35)50(44)49(36)43/h2-3,5-32H,1,4H2. The first-order chi connectivity index (χ1) is 25.8. The summed E-state index contributed by atoms with van der Waals surface area (Å²) < 4.78 is 2.39. The van der Waals surface area contributed by atoms with Crippen molar-refractivity contribution in [2.45, 2.75) is 12.8 Å². The molecule has 244 valence electrons. The van der Waals surface area contributed by atoms with Crippen molar-refractivity contribution in [2.75, 3.05) is 4.90 Å². The maximum atomic E-state index is 2.43. The lowest BCUT2D eigenvalue weighted by Gasteiger charge is -2.27. The Balaban J connectivity index is 1.13. The highest BCUT2D eigenvalue weighted by atomic mass is 15.1. The Morgan fingerprint density at radius 3 is 2.06 bits per heavy atom. The van der Waals surface area contributed by atoms with E-state index < -0.39 is 0 Å². The van der Waals surface area contributed by atoms with Gasteiger partial charge in [-0.2, -0.15) is 0 Å². The van der Waals surface area contributed by atoms with Gasteiger partial charge in [0.05, 0.1) is 11.0 Å². The Hall–Kier alpha value is -6.64. The zero-order chi connectivity index (χ0) is 34.2. The molecule has 2 aliphatic rings. The van der Waals surface area contributed by atoms with E-state index in [0.717, 1.165) is 29.9 Å². The Kier molecular flexibility index (Phi) is 6.41. The molecule has 2 heteroatoms. The molecule has 0 aliphatic heterocycles. The number of hydrogen-bond acceptors (Lipinski definition) is 1. The van der Waals surface area contributed by atoms with Crippen LogP contribution in [0.15, 0.2) is 182 Å². The van der Waals surface area contributed by atoms with Crippen molar-refractivity contribution in [3.8, 4) is 27.9 Å². The van der Waals surface area contributed by atoms with E-state index in [-0.39, 0.29) is 0 Å². The topological polar surface area (TPSA) is 8.17 Å². The molecule has 0 unspecified atom stereocenters. The second-order valence-electron chi connectivity index (χ2n) is 14.0. The van der Waals surface area contributed by atoms with E-state index in [2.05, 4.69) is 191 Å². The third kappa shape index (κ3) is 4.37. The van der Waals surface area contributed by atoms with Crippen molar-refractivity contribution in [3.63, 3.8) is 0 Å². The summed E-state index contributed by atoms with van der Waals surface area (Å²) in [7, 11) is 0. The molecule has 9 aromatic rings. The number of hydrogen-bond donors (Lipinski definition) is 0. The van der Waals surface area contributed by atoms with Crippen LogP contribution in [-0.2, 0) is 0 Å². The van der Waals surface area contributed by atoms with Crippen molar-refractivity contribution < 1.29 is 0 Å². The van der Waals surface area contributed by atoms with Crippen LogP contribution in [0.4, 0.5) is 17.1 Å². The fourth-order valence-corrected chi connectivity index (χ4v) is 8.77. The number of allylic oxidation sites excluding steroid dienone is 4. The first-order valence-corrected chi connectivity index (χ1v) is 18.3. The Morgan fingerprint density at radius 1 is 0.462 bits per heavy atom. The van der Waals surface area contributed by atoms with E-state index in [1.807, 2.05) is 0 Å². The SMILES string of the molecule is C1=CC(c2ccc(N(c3ccc4c(c3)-c3cccc5cc6ccccc6c-4c35)c3ccc4c(c3)c3ccccc3n4-c3ccccc3)cc2)=CCC1. The van der Waals surface area contributed by atoms with Gasteiger partial charge in [-0.15, -0.1) is 0 Å². The monoisotopic (exact) mass is 662 g/mol. The average molecular weight is 663 g/mol. The predicted molar refractivity (Wildman–Crippen MR) is 221 cm³/mol. The molecule has 1 heterocycles. The van der Waals surface area contributed by atoms with Gasteiger partial charge < -0.3 is 9.47 Å². The molecule has 52 heavy (non-hydrogen) atoms. The Labute approximate surface area is 302 Å². The van der Waals surface area contributed by atoms with Crippen molar-refractivity contribution in [2.24, 2.45) is 0 Å². The molecule has 0 fully saturated rings. The second-order valence-corrected chi connectivity index (χ2v) is 14.0. The molecule has 0 bridgehead atoms. The molecule has 11 rings (SSSR count). The molecule has 2 nitrogen and oxygen atoms in total. The molecule has 1 aromatic heterocycles. The van der Waals surface area contributed by atoms with Gasteiger partial charge in [0.1, 0.15) is 0 Å². The van der Waals surface area contributed by atoms with Crippen LogP contribution in [0.25, 0.3) is 76.9 Å². The summed E-state index contributed by atoms with van der Waals surface area (Å²) in [4.78, 5) is 2.43. The van der Waals surface area contributed by atoms with Gasteiger partial charge in [0.25, 0.3) is 0 Å². The molecule has 0 atom stereocenters. The molecule has 0 radical (unpaired) electrons. The molecule has 2 aliphatic carbocycles. The quantitative estimate of drug-likeness (QED) is 0.167. The predicted octanol–water partition coefficient (Wildman–Crippen LogP) is 13.9. The summed E-state index contributed by atoms with van der Waals surface area (Å²) in [5, 5.41) is 7.73. The van der Waals surface area contributed by atoms with Crippen molar-refractivity contribution in [3.05, 3.63) is 188 Å². The first-order valence-electron chi connectivity index (χ1n) is 18.3. The third-order valence-corrected chi connectivity index (χ3v) is 11.1. The minimum atomic E-state index is 1.09. The number of nitrogens with zero attached hydrogens (tertiary/aromatic N) is 2. The fourth-order valence-electron chi connectivity index (χ4n) is 8.77. The van der Waals surface area contributed by atoms with Crippen LogP contribution in [0.3, 0.4) is 0 Å². The van der Waals surface area contributed by atoms with Crippen LogP contribution < -0.4 is 4.90 Å². The lowest BCUT2D eigenvalue weighted by Crippen LogP contribution is -2.10. The zero-order valence-corrected chi connectivity index (χ0v) is 28.6. The first kappa shape index (κ1) is 29.1. The Morgan fingerprint density at radius 2 is 1.19 bits per heavy atom. The van der Waals surface area contributed by atoms with Crippen LogP contribution >= 0.6 is 0 Å². The van der Waals surface area contributed by atoms with Gasteiger partial charge in [-0.25, -0.2) is 0 Å². The summed E-state index contributed by atoms with van der Waals surface area (Å²) in [5.74, 6) is 0. The largest absolute Gasteiger partial charge is 0.310 e. The fraction of sp³-hybridized carbons (Fsp3) is 0.0400. The maximum absolute atomic E-state index is 2.43. The molecule has 0 amide bonds. The molecule has 0 saturated heterocycles. The molecular formula is C50H34N2. The number of fused-ring (bicyclic) bond motifs is 8. The highest BCUT2D eigenvalue weighted by Gasteiger charge is 2.26. The summed E-state index contributed by atoms with van der Waals surface area (Å²) >= 11 is 0. The van der Waals surface area contributed by atoms with E-state index in [1.165, 1.54) is 82.4 Å². The van der Waals surface area contributed by atoms with Gasteiger partial charge in [-0.05, 0) is 135 Å². The van der Waals surface area contributed by atoms with Crippen molar-refractivity contribution in [1.29, 1.82) is 0 Å². The Bertz CT molecular complexity index is 2940. The lowest BCUT2D eigenvalue weighted by molar-refractivity contribution is 1.04. The van der Waals surface area contributed by atoms with Crippen LogP contribution in [-0.4, -0.2) is 4.57 Å². The van der Waals surface area contributed by atoms with Gasteiger partial charge in [-0.1, -0.05) is 115 Å². The van der Waals surface area contributed by atoms with Gasteiger partial charge in [0.2, 0.25) is 0 Å². The lowest BCUT2D eigenvalue weighted by atomic mass is 9.96. The number of aromatic nitrogens is 1. The van der Waals surface area contributed by atoms with Crippen molar-refractivity contribution >= 4 is 66.0 Å². The van der Waals surface area contributed by atoms with E-state index in [9.17, 15) is 0 Å². The molecule has 0 spiro atoms. The number of para-hydroxylation sites is 2. The maximum Gasteiger partial charge on any atom is 0.0542 e.